The van der Waals surface area contributed by atoms with E-state index in [1.807, 2.05) is 18.2 Å². The molecule has 2 unspecified atom stereocenters. The van der Waals surface area contributed by atoms with E-state index >= 15 is 0 Å². The normalized spacial score (nSPS) is 28.1. The summed E-state index contributed by atoms with van der Waals surface area (Å²) in [6, 6.07) is 10.2. The van der Waals surface area contributed by atoms with Crippen LogP contribution in [0.25, 0.3) is 0 Å². The summed E-state index contributed by atoms with van der Waals surface area (Å²) >= 11 is 3.87. The van der Waals surface area contributed by atoms with Crippen molar-refractivity contribution in [3.63, 3.8) is 0 Å². The number of rotatable bonds is 3. The van der Waals surface area contributed by atoms with Gasteiger partial charge < -0.3 is 0 Å². The highest BCUT2D eigenvalue weighted by atomic mass is 33.1. The molecule has 1 aromatic rings. The summed E-state index contributed by atoms with van der Waals surface area (Å²) in [5.41, 5.74) is 1.21. The molecular weight excluding hydrogens is 291 g/mol. The second-order valence-electron chi connectivity index (χ2n) is 4.38. The molecule has 2 nitrogen and oxygen atoms in total. The molecule has 1 saturated heterocycles. The van der Waals surface area contributed by atoms with Gasteiger partial charge in [-0.25, -0.2) is 0 Å². The molecule has 1 heterocycles. The van der Waals surface area contributed by atoms with E-state index in [4.69, 9.17) is 4.52 Å². The highest BCUT2D eigenvalue weighted by molar-refractivity contribution is 8.77. The van der Waals surface area contributed by atoms with Gasteiger partial charge in [-0.2, -0.15) is 0 Å². The fourth-order valence-electron chi connectivity index (χ4n) is 1.79. The molecule has 1 aliphatic heterocycles. The largest absolute Gasteiger partial charge is 0.582 e. The van der Waals surface area contributed by atoms with Crippen molar-refractivity contribution in [2.24, 2.45) is 0 Å². The Morgan fingerprint density at radius 3 is 2.59 bits per heavy atom. The Labute approximate surface area is 116 Å². The van der Waals surface area contributed by atoms with Crippen molar-refractivity contribution in [3.05, 3.63) is 35.9 Å². The van der Waals surface area contributed by atoms with Crippen LogP contribution in [0.2, 0.25) is 0 Å². The fraction of sp³-hybridized carbons (Fsp3) is 0.455. The molecule has 6 heteroatoms. The molecule has 3 atom stereocenters. The van der Waals surface area contributed by atoms with Crippen molar-refractivity contribution in [2.75, 3.05) is 0 Å². The summed E-state index contributed by atoms with van der Waals surface area (Å²) < 4.78 is 16.7. The third-order valence-electron chi connectivity index (χ3n) is 2.66. The van der Waals surface area contributed by atoms with Gasteiger partial charge in [0.2, 0.25) is 0 Å². The zero-order valence-corrected chi connectivity index (χ0v) is 13.0. The average molecular weight is 305 g/mol. The van der Waals surface area contributed by atoms with Gasteiger partial charge in [0.1, 0.15) is 18.4 Å². The van der Waals surface area contributed by atoms with Crippen LogP contribution < -0.4 is 0 Å². The highest BCUT2D eigenvalue weighted by Crippen LogP contribution is 2.60. The molecule has 0 N–H and O–H groups in total. The van der Waals surface area contributed by atoms with Crippen LogP contribution in [0.5, 0.6) is 0 Å². The van der Waals surface area contributed by atoms with E-state index in [0.717, 1.165) is 0 Å². The summed E-state index contributed by atoms with van der Waals surface area (Å²) in [5, 5.41) is 0.210. The summed E-state index contributed by atoms with van der Waals surface area (Å²) in [5.74, 6) is 0. The van der Waals surface area contributed by atoms with Gasteiger partial charge in [0, 0.05) is 0 Å². The predicted molar refractivity (Wildman–Crippen MR) is 79.9 cm³/mol. The lowest BCUT2D eigenvalue weighted by Crippen LogP contribution is -2.32. The first kappa shape index (κ1) is 13.8. The van der Waals surface area contributed by atoms with Gasteiger partial charge in [-0.1, -0.05) is 51.9 Å². The average Bonchev–Trinajstić information content (AvgIpc) is 2.56. The van der Waals surface area contributed by atoms with E-state index in [2.05, 4.69) is 38.2 Å². The highest BCUT2D eigenvalue weighted by Gasteiger charge is 2.49. The van der Waals surface area contributed by atoms with Crippen molar-refractivity contribution in [2.45, 2.75) is 29.9 Å². The second-order valence-corrected chi connectivity index (χ2v) is 9.04. The molecule has 1 aliphatic rings. The maximum atomic E-state index is 11.2. The minimum atomic E-state index is -1.87. The Bertz CT molecular complexity index is 410. The number of benzene rings is 1. The van der Waals surface area contributed by atoms with Crippen LogP contribution in [0, 0.1) is 0 Å². The Balaban J connectivity index is 2.25. The van der Waals surface area contributed by atoms with Crippen molar-refractivity contribution in [1.29, 1.82) is 0 Å². The maximum Gasteiger partial charge on any atom is 0.582 e. The molecule has 0 saturated carbocycles. The summed E-state index contributed by atoms with van der Waals surface area (Å²) in [6.45, 7) is 4.23. The third kappa shape index (κ3) is 3.21. The monoisotopic (exact) mass is 305 g/mol. The summed E-state index contributed by atoms with van der Waals surface area (Å²) in [7, 11) is 1.69. The van der Waals surface area contributed by atoms with Gasteiger partial charge in [0.05, 0.1) is 10.00 Å². The molecular formula is C11H14O2PS3+. The smallest absolute Gasteiger partial charge is 0.130 e. The van der Waals surface area contributed by atoms with E-state index in [0.29, 0.717) is 0 Å². The van der Waals surface area contributed by atoms with Crippen LogP contribution in [0.3, 0.4) is 0 Å². The fourth-order valence-corrected chi connectivity index (χ4v) is 6.29. The molecule has 0 aromatic heterocycles. The zero-order chi connectivity index (χ0) is 12.5. The quantitative estimate of drug-likeness (QED) is 0.489. The maximum absolute atomic E-state index is 11.2. The Morgan fingerprint density at radius 1 is 1.35 bits per heavy atom. The van der Waals surface area contributed by atoms with E-state index in [1.54, 1.807) is 21.6 Å². The Morgan fingerprint density at radius 2 is 2.00 bits per heavy atom. The minimum absolute atomic E-state index is 0.0566. The molecule has 92 valence electrons. The first-order valence-electron chi connectivity index (χ1n) is 5.23. The van der Waals surface area contributed by atoms with Gasteiger partial charge in [0.15, 0.2) is 0 Å². The van der Waals surface area contributed by atoms with Crippen LogP contribution in [0.4, 0.5) is 0 Å². The van der Waals surface area contributed by atoms with Gasteiger partial charge in [-0.3, -0.25) is 0 Å². The molecule has 1 aromatic carbocycles. The van der Waals surface area contributed by atoms with Crippen LogP contribution in [0.1, 0.15) is 24.7 Å². The molecule has 0 radical (unpaired) electrons. The standard InChI is InChI=1S/C11H13O2PS3/c1-11(2)10(13-14(12)15)9(16-17-11)8-6-4-3-5-7-8/h3-7,9-10H,1-2H3/p+1/t9?,10-/m0/s1. The summed E-state index contributed by atoms with van der Waals surface area (Å²) in [4.78, 5) is 0. The van der Waals surface area contributed by atoms with Gasteiger partial charge in [-0.05, 0) is 24.0 Å². The molecule has 1 fully saturated rings. The minimum Gasteiger partial charge on any atom is -0.130 e. The second kappa shape index (κ2) is 5.54. The van der Waals surface area contributed by atoms with Gasteiger partial charge >= 0.3 is 7.23 Å². The van der Waals surface area contributed by atoms with Gasteiger partial charge in [0.25, 0.3) is 0 Å². The van der Waals surface area contributed by atoms with Crippen molar-refractivity contribution >= 4 is 41.1 Å². The van der Waals surface area contributed by atoms with E-state index in [9.17, 15) is 4.57 Å². The van der Waals surface area contributed by atoms with Crippen LogP contribution in [-0.2, 0) is 9.09 Å². The molecule has 0 bridgehead atoms. The lowest BCUT2D eigenvalue weighted by Gasteiger charge is -2.22. The molecule has 17 heavy (non-hydrogen) atoms. The molecule has 0 aliphatic carbocycles. The van der Waals surface area contributed by atoms with Crippen LogP contribution in [-0.4, -0.2) is 10.9 Å². The first-order chi connectivity index (χ1) is 8.00. The van der Waals surface area contributed by atoms with Gasteiger partial charge in [-0.15, -0.1) is 4.52 Å². The van der Waals surface area contributed by atoms with Crippen LogP contribution >= 0.6 is 41.1 Å². The zero-order valence-electron chi connectivity index (χ0n) is 9.57. The Kier molecular flexibility index (Phi) is 4.48. The lowest BCUT2D eigenvalue weighted by molar-refractivity contribution is 0.187. The predicted octanol–water partition coefficient (Wildman–Crippen LogP) is 4.87. The van der Waals surface area contributed by atoms with E-state index in [-0.39, 0.29) is 16.1 Å². The van der Waals surface area contributed by atoms with E-state index < -0.39 is 7.23 Å². The van der Waals surface area contributed by atoms with Crippen molar-refractivity contribution < 1.29 is 9.09 Å². The third-order valence-corrected chi connectivity index (χ3v) is 7.03. The lowest BCUT2D eigenvalue weighted by atomic mass is 9.98. The molecule has 2 rings (SSSR count). The summed E-state index contributed by atoms with van der Waals surface area (Å²) in [6.07, 6.45) is -0.0824. The first-order valence-corrected chi connectivity index (χ1v) is 9.77. The number of hydrogen-bond acceptors (Lipinski definition) is 4. The van der Waals surface area contributed by atoms with Crippen LogP contribution in [0.15, 0.2) is 30.3 Å². The Hall–Kier alpha value is 0.330. The molecule has 0 spiro atoms. The van der Waals surface area contributed by atoms with Crippen molar-refractivity contribution in [3.8, 4) is 0 Å². The number of hydrogen-bond donors (Lipinski definition) is 1. The topological polar surface area (TPSA) is 26.3 Å². The van der Waals surface area contributed by atoms with E-state index in [1.165, 1.54) is 5.56 Å². The SMILES string of the molecule is CC1(C)SSC(c2ccccc2)[C@@H]1O[P+](=O)S. The molecule has 0 amide bonds. The van der Waals surface area contributed by atoms with Crippen molar-refractivity contribution in [1.82, 2.24) is 0 Å². The number of thiol groups is 1.